The van der Waals surface area contributed by atoms with Crippen molar-refractivity contribution in [1.82, 2.24) is 15.0 Å². The van der Waals surface area contributed by atoms with Crippen LogP contribution in [0.3, 0.4) is 0 Å². The van der Waals surface area contributed by atoms with Crippen molar-refractivity contribution in [3.05, 3.63) is 53.5 Å². The van der Waals surface area contributed by atoms with Crippen molar-refractivity contribution < 1.29 is 23.9 Å². The van der Waals surface area contributed by atoms with Crippen LogP contribution in [0.1, 0.15) is 33.4 Å². The number of carbonyl (C=O) groups is 2. The van der Waals surface area contributed by atoms with Crippen LogP contribution in [-0.2, 0) is 19.8 Å². The molecule has 0 aliphatic heterocycles. The third-order valence-electron chi connectivity index (χ3n) is 5.43. The normalized spacial score (nSPS) is 11.5. The predicted octanol–water partition coefficient (Wildman–Crippen LogP) is 5.26. The van der Waals surface area contributed by atoms with Gasteiger partial charge in [0, 0.05) is 30.9 Å². The minimum Gasteiger partial charge on any atom is -0.457 e. The number of ether oxygens (including phenoxy) is 2. The Labute approximate surface area is 224 Å². The van der Waals surface area contributed by atoms with Crippen LogP contribution < -0.4 is 20.4 Å². The number of thiazole rings is 1. The van der Waals surface area contributed by atoms with E-state index < -0.39 is 6.03 Å². The molecule has 0 atom stereocenters. The molecule has 200 valence electrons. The number of hydrogen-bond donors (Lipinski definition) is 2. The predicted molar refractivity (Wildman–Crippen MR) is 146 cm³/mol. The number of aromatic amines is 1. The number of imidazole rings is 1. The number of amides is 3. The largest absolute Gasteiger partial charge is 0.457 e. The van der Waals surface area contributed by atoms with E-state index >= 15 is 0 Å². The highest BCUT2D eigenvalue weighted by atomic mass is 32.1. The molecule has 0 aliphatic rings. The lowest BCUT2D eigenvalue weighted by molar-refractivity contribution is -0.124. The van der Waals surface area contributed by atoms with E-state index in [1.807, 2.05) is 5.38 Å². The highest BCUT2D eigenvalue weighted by Gasteiger charge is 2.23. The lowest BCUT2D eigenvalue weighted by atomic mass is 9.93. The first-order valence-electron chi connectivity index (χ1n) is 11.8. The van der Waals surface area contributed by atoms with Gasteiger partial charge in [0.15, 0.2) is 5.13 Å². The molecule has 0 radical (unpaired) electrons. The van der Waals surface area contributed by atoms with Gasteiger partial charge in [-0.15, -0.1) is 11.3 Å². The summed E-state index contributed by atoms with van der Waals surface area (Å²) in [7, 11) is 1.55. The maximum absolute atomic E-state index is 12.3. The molecule has 11 nitrogen and oxygen atoms in total. The summed E-state index contributed by atoms with van der Waals surface area (Å²) < 4.78 is 11.0. The van der Waals surface area contributed by atoms with Crippen molar-refractivity contribution in [3.8, 4) is 11.5 Å². The molecule has 3 N–H and O–H groups in total. The van der Waals surface area contributed by atoms with E-state index in [1.54, 1.807) is 49.6 Å². The zero-order valence-corrected chi connectivity index (χ0v) is 22.7. The third-order valence-corrected chi connectivity index (χ3v) is 6.26. The van der Waals surface area contributed by atoms with Gasteiger partial charge in [0.05, 0.1) is 35.6 Å². The number of nitrogens with zero attached hydrogens (tertiary/aromatic N) is 4. The van der Waals surface area contributed by atoms with Crippen LogP contribution in [0, 0.1) is 0 Å². The second-order valence-electron chi connectivity index (χ2n) is 9.41. The maximum atomic E-state index is 12.3. The van der Waals surface area contributed by atoms with Gasteiger partial charge >= 0.3 is 6.03 Å². The molecule has 2 heterocycles. The molecule has 3 amide bonds. The van der Waals surface area contributed by atoms with Gasteiger partial charge in [0.25, 0.3) is 0 Å². The third kappa shape index (κ3) is 6.10. The van der Waals surface area contributed by atoms with Gasteiger partial charge in [0.1, 0.15) is 11.5 Å². The van der Waals surface area contributed by atoms with Crippen LogP contribution in [-0.4, -0.2) is 47.2 Å². The number of fused-ring (bicyclic) bond motifs is 1. The Kier molecular flexibility index (Phi) is 7.95. The van der Waals surface area contributed by atoms with E-state index in [4.69, 9.17) is 20.0 Å². The van der Waals surface area contributed by atoms with Crippen LogP contribution in [0.5, 0.6) is 11.5 Å². The second kappa shape index (κ2) is 11.2. The second-order valence-corrected chi connectivity index (χ2v) is 10.3. The number of aromatic nitrogens is 3. The fraction of sp³-hybridized carbons (Fsp3) is 0.308. The lowest BCUT2D eigenvalue weighted by Crippen LogP contribution is -2.31. The fourth-order valence-electron chi connectivity index (χ4n) is 3.49. The fourth-order valence-corrected chi connectivity index (χ4v) is 4.57. The average Bonchev–Trinajstić information content (AvgIpc) is 3.50. The summed E-state index contributed by atoms with van der Waals surface area (Å²) in [5.41, 5.74) is 8.30. The lowest BCUT2D eigenvalue weighted by Gasteiger charge is -2.19. The summed E-state index contributed by atoms with van der Waals surface area (Å²) >= 11 is 1.36. The molecule has 0 spiro atoms. The smallest absolute Gasteiger partial charge is 0.325 e. The number of hydrogen-bond acceptors (Lipinski definition) is 8. The van der Waals surface area contributed by atoms with Crippen molar-refractivity contribution in [2.45, 2.75) is 33.1 Å². The Morgan fingerprint density at radius 2 is 1.76 bits per heavy atom. The summed E-state index contributed by atoms with van der Waals surface area (Å²) in [4.78, 5) is 43.2. The number of carbonyl (C=O) groups excluding carboxylic acids is 2. The molecule has 2 aromatic carbocycles. The van der Waals surface area contributed by atoms with E-state index in [2.05, 4.69) is 35.7 Å². The minimum atomic E-state index is -0.625. The first-order chi connectivity index (χ1) is 18.1. The Hall–Kier alpha value is -4.00. The molecule has 12 heteroatoms. The highest BCUT2D eigenvalue weighted by molar-refractivity contribution is 7.14. The zero-order valence-electron chi connectivity index (χ0n) is 21.8. The number of nitrogens with one attached hydrogen (secondary N) is 1. The zero-order chi connectivity index (χ0) is 27.4. The van der Waals surface area contributed by atoms with Crippen molar-refractivity contribution in [1.29, 1.82) is 0 Å². The summed E-state index contributed by atoms with van der Waals surface area (Å²) in [6, 6.07) is 11.7. The van der Waals surface area contributed by atoms with Gasteiger partial charge in [0.2, 0.25) is 11.9 Å². The molecule has 2 aromatic heterocycles. The van der Waals surface area contributed by atoms with Crippen LogP contribution in [0.2, 0.25) is 0 Å². The Morgan fingerprint density at radius 3 is 2.37 bits per heavy atom. The monoisotopic (exact) mass is 538 g/mol. The van der Waals surface area contributed by atoms with Gasteiger partial charge < -0.3 is 20.2 Å². The highest BCUT2D eigenvalue weighted by Crippen LogP contribution is 2.34. The number of anilines is 3. The summed E-state index contributed by atoms with van der Waals surface area (Å²) in [5, 5.41) is 3.53. The van der Waals surface area contributed by atoms with Gasteiger partial charge in [-0.2, -0.15) is 5.06 Å². The summed E-state index contributed by atoms with van der Waals surface area (Å²) in [6.45, 7) is 8.10. The number of primary amides is 1. The number of hydroxylamine groups is 1. The number of urea groups is 1. The van der Waals surface area contributed by atoms with Crippen LogP contribution in [0.25, 0.3) is 11.0 Å². The summed E-state index contributed by atoms with van der Waals surface area (Å²) in [5.74, 6) is 1.04. The standard InChI is InChI=1S/C26H30N6O5S/c1-16(33)32(36-13-12-35-5)24-28-20-11-10-19(14-21(20)29-24)37-18-8-6-17(7-9-18)31(23(27)34)25-30-22(15-38-25)26(2,3)4/h6-11,14-15H,12-13H2,1-5H3,(H2,27,34)(H,28,29). The number of methoxy groups -OCH3 is 1. The molecular formula is C26H30N6O5S. The van der Waals surface area contributed by atoms with E-state index in [0.29, 0.717) is 40.0 Å². The average molecular weight is 539 g/mol. The van der Waals surface area contributed by atoms with Crippen molar-refractivity contribution in [2.75, 3.05) is 30.3 Å². The molecule has 38 heavy (non-hydrogen) atoms. The molecule has 0 saturated carbocycles. The SMILES string of the molecule is COCCON(C(C)=O)c1nc2ccc(Oc3ccc(N(C(N)=O)c4nc(C(C)(C)C)cs4)cc3)cc2[nH]1. The van der Waals surface area contributed by atoms with Gasteiger partial charge in [-0.25, -0.2) is 19.7 Å². The van der Waals surface area contributed by atoms with Gasteiger partial charge in [-0.1, -0.05) is 20.8 Å². The number of nitrogens with two attached hydrogens (primary N) is 1. The van der Waals surface area contributed by atoms with Crippen molar-refractivity contribution in [3.63, 3.8) is 0 Å². The Bertz CT molecular complexity index is 1430. The molecule has 0 aliphatic carbocycles. The molecule has 4 aromatic rings. The van der Waals surface area contributed by atoms with Crippen LogP contribution in [0.15, 0.2) is 47.8 Å². The molecule has 0 bridgehead atoms. The molecule has 4 rings (SSSR count). The molecule has 0 fully saturated rings. The van der Waals surface area contributed by atoms with E-state index in [0.717, 1.165) is 10.8 Å². The van der Waals surface area contributed by atoms with Gasteiger partial charge in [-0.3, -0.25) is 9.63 Å². The number of H-pyrrole nitrogens is 1. The Balaban J connectivity index is 1.51. The molecule has 0 saturated heterocycles. The molecule has 0 unspecified atom stereocenters. The number of benzene rings is 2. The van der Waals surface area contributed by atoms with Crippen molar-refractivity contribution >= 4 is 51.1 Å². The van der Waals surface area contributed by atoms with Gasteiger partial charge in [-0.05, 0) is 36.4 Å². The van der Waals surface area contributed by atoms with E-state index in [1.165, 1.54) is 23.2 Å². The topological polar surface area (TPSA) is 136 Å². The summed E-state index contributed by atoms with van der Waals surface area (Å²) in [6.07, 6.45) is 0. The minimum absolute atomic E-state index is 0.145. The quantitative estimate of drug-likeness (QED) is 0.219. The first-order valence-corrected chi connectivity index (χ1v) is 12.7. The van der Waals surface area contributed by atoms with E-state index in [9.17, 15) is 9.59 Å². The maximum Gasteiger partial charge on any atom is 0.325 e. The van der Waals surface area contributed by atoms with Crippen LogP contribution in [0.4, 0.5) is 21.6 Å². The number of rotatable bonds is 9. The molecular weight excluding hydrogens is 508 g/mol. The first kappa shape index (κ1) is 27.0. The Morgan fingerprint density at radius 1 is 1.05 bits per heavy atom. The van der Waals surface area contributed by atoms with Crippen molar-refractivity contribution in [2.24, 2.45) is 5.73 Å². The van der Waals surface area contributed by atoms with E-state index in [-0.39, 0.29) is 23.9 Å². The van der Waals surface area contributed by atoms with Crippen LogP contribution >= 0.6 is 11.3 Å².